The largest absolute Gasteiger partial charge is 0.497 e. The van der Waals surface area contributed by atoms with Crippen LogP contribution in [0.2, 0.25) is 0 Å². The number of rotatable bonds is 8. The van der Waals surface area contributed by atoms with Crippen LogP contribution in [0.3, 0.4) is 0 Å². The number of ether oxygens (including phenoxy) is 4. The van der Waals surface area contributed by atoms with Gasteiger partial charge in [0.2, 0.25) is 0 Å². The summed E-state index contributed by atoms with van der Waals surface area (Å²) in [6, 6.07) is 26.6. The van der Waals surface area contributed by atoms with E-state index in [0.29, 0.717) is 58.0 Å². The number of hydrogen-bond donors (Lipinski definition) is 0. The van der Waals surface area contributed by atoms with Gasteiger partial charge < -0.3 is 23.4 Å². The summed E-state index contributed by atoms with van der Waals surface area (Å²) in [5.74, 6) is 1.92. The van der Waals surface area contributed by atoms with E-state index in [4.69, 9.17) is 23.4 Å². The van der Waals surface area contributed by atoms with Crippen molar-refractivity contribution in [1.82, 2.24) is 0 Å². The van der Waals surface area contributed by atoms with E-state index in [0.717, 1.165) is 11.1 Å². The molecule has 4 aromatic carbocycles. The quantitative estimate of drug-likeness (QED) is 0.202. The van der Waals surface area contributed by atoms with E-state index in [2.05, 4.69) is 0 Å². The fourth-order valence-corrected chi connectivity index (χ4v) is 4.04. The molecular weight excluding hydrogens is 444 g/mol. The van der Waals surface area contributed by atoms with Crippen molar-refractivity contribution in [2.45, 2.75) is 13.2 Å². The second-order valence-corrected chi connectivity index (χ2v) is 7.96. The van der Waals surface area contributed by atoms with Crippen LogP contribution in [0.1, 0.15) is 11.1 Å². The molecule has 0 aliphatic carbocycles. The second kappa shape index (κ2) is 9.81. The lowest BCUT2D eigenvalue weighted by atomic mass is 10.0. The Bertz CT molecular complexity index is 1520. The highest BCUT2D eigenvalue weighted by atomic mass is 16.5. The molecule has 1 aromatic heterocycles. The third-order valence-corrected chi connectivity index (χ3v) is 5.75. The average molecular weight is 469 g/mol. The minimum atomic E-state index is -0.501. The van der Waals surface area contributed by atoms with Crippen LogP contribution in [0.4, 0.5) is 0 Å². The van der Waals surface area contributed by atoms with Crippen molar-refractivity contribution < 1.29 is 23.4 Å². The van der Waals surface area contributed by atoms with Crippen molar-refractivity contribution in [1.29, 1.82) is 0 Å². The average Bonchev–Trinajstić information content (AvgIpc) is 2.91. The van der Waals surface area contributed by atoms with Gasteiger partial charge in [-0.2, -0.15) is 0 Å². The van der Waals surface area contributed by atoms with Gasteiger partial charge in [-0.05, 0) is 29.3 Å². The summed E-state index contributed by atoms with van der Waals surface area (Å²) >= 11 is 0. The minimum absolute atomic E-state index is 0.309. The highest BCUT2D eigenvalue weighted by Crippen LogP contribution is 2.42. The predicted molar refractivity (Wildman–Crippen MR) is 135 cm³/mol. The maximum Gasteiger partial charge on any atom is 0.347 e. The van der Waals surface area contributed by atoms with Crippen molar-refractivity contribution in [3.8, 4) is 23.0 Å². The molecular formula is C29H24O6. The van der Waals surface area contributed by atoms with Gasteiger partial charge in [-0.25, -0.2) is 4.79 Å². The second-order valence-electron chi connectivity index (χ2n) is 7.96. The fourth-order valence-electron chi connectivity index (χ4n) is 4.04. The molecule has 0 spiro atoms. The third-order valence-electron chi connectivity index (χ3n) is 5.75. The van der Waals surface area contributed by atoms with Crippen molar-refractivity contribution in [3.63, 3.8) is 0 Å². The molecule has 0 N–H and O–H groups in total. The van der Waals surface area contributed by atoms with Gasteiger partial charge in [0.05, 0.1) is 19.6 Å². The Morgan fingerprint density at radius 1 is 0.686 bits per heavy atom. The van der Waals surface area contributed by atoms with Crippen LogP contribution in [0.15, 0.2) is 94.1 Å². The van der Waals surface area contributed by atoms with E-state index in [-0.39, 0.29) is 0 Å². The molecule has 0 saturated heterocycles. The molecule has 0 saturated carbocycles. The van der Waals surface area contributed by atoms with Crippen molar-refractivity contribution >= 4 is 21.7 Å². The van der Waals surface area contributed by atoms with Crippen LogP contribution in [-0.4, -0.2) is 14.2 Å². The van der Waals surface area contributed by atoms with E-state index in [9.17, 15) is 4.79 Å². The van der Waals surface area contributed by atoms with Crippen LogP contribution in [0, 0.1) is 0 Å². The topological polar surface area (TPSA) is 67.1 Å². The number of methoxy groups -OCH3 is 2. The summed E-state index contributed by atoms with van der Waals surface area (Å²) in [7, 11) is 3.07. The maximum atomic E-state index is 12.9. The Balaban J connectivity index is 1.71. The van der Waals surface area contributed by atoms with Gasteiger partial charge in [0.1, 0.15) is 35.7 Å². The number of fused-ring (bicyclic) bond motifs is 3. The SMILES string of the molecule is COc1cc(OC)c2c(=O)oc3ccc(OCc4ccccc4)c(OCc4ccccc4)c3c2c1. The first-order chi connectivity index (χ1) is 17.2. The molecule has 5 aromatic rings. The Morgan fingerprint density at radius 3 is 1.97 bits per heavy atom. The molecule has 0 radical (unpaired) electrons. The summed E-state index contributed by atoms with van der Waals surface area (Å²) in [6.45, 7) is 0.665. The molecule has 35 heavy (non-hydrogen) atoms. The van der Waals surface area contributed by atoms with Crippen LogP contribution in [-0.2, 0) is 13.2 Å². The highest BCUT2D eigenvalue weighted by Gasteiger charge is 2.21. The Kier molecular flexibility index (Phi) is 6.26. The molecule has 1 heterocycles. The molecule has 0 aliphatic rings. The highest BCUT2D eigenvalue weighted by molar-refractivity contribution is 6.10. The van der Waals surface area contributed by atoms with Gasteiger partial charge in [-0.1, -0.05) is 60.7 Å². The van der Waals surface area contributed by atoms with E-state index < -0.39 is 5.63 Å². The normalized spacial score (nSPS) is 10.9. The summed E-state index contributed by atoms with van der Waals surface area (Å²) in [6.07, 6.45) is 0. The van der Waals surface area contributed by atoms with Crippen LogP contribution < -0.4 is 24.6 Å². The minimum Gasteiger partial charge on any atom is -0.497 e. The van der Waals surface area contributed by atoms with Crippen molar-refractivity contribution in [2.24, 2.45) is 0 Å². The maximum absolute atomic E-state index is 12.9. The zero-order valence-corrected chi connectivity index (χ0v) is 19.4. The van der Waals surface area contributed by atoms with E-state index in [1.807, 2.05) is 60.7 Å². The summed E-state index contributed by atoms with van der Waals surface area (Å²) < 4.78 is 29.2. The first kappa shape index (κ1) is 22.3. The zero-order valence-electron chi connectivity index (χ0n) is 19.4. The van der Waals surface area contributed by atoms with Gasteiger partial charge in [0, 0.05) is 11.5 Å². The number of hydrogen-bond acceptors (Lipinski definition) is 6. The lowest BCUT2D eigenvalue weighted by Crippen LogP contribution is -2.06. The number of benzene rings is 4. The summed E-state index contributed by atoms with van der Waals surface area (Å²) in [5.41, 5.74) is 1.90. The first-order valence-electron chi connectivity index (χ1n) is 11.2. The summed E-state index contributed by atoms with van der Waals surface area (Å²) in [4.78, 5) is 12.9. The monoisotopic (exact) mass is 468 g/mol. The standard InChI is InChI=1S/C29H24O6/c1-31-21-15-22-26-23(35-29(30)27(22)25(16-21)32-2)13-14-24(33-17-19-9-5-3-6-10-19)28(26)34-18-20-11-7-4-8-12-20/h3-16H,17-18H2,1-2H3. The molecule has 6 nitrogen and oxygen atoms in total. The Labute approximate surface area is 202 Å². The van der Waals surface area contributed by atoms with Gasteiger partial charge in [-0.3, -0.25) is 0 Å². The first-order valence-corrected chi connectivity index (χ1v) is 11.2. The summed E-state index contributed by atoms with van der Waals surface area (Å²) in [5, 5.41) is 1.52. The molecule has 0 amide bonds. The van der Waals surface area contributed by atoms with Crippen LogP contribution in [0.25, 0.3) is 21.7 Å². The molecule has 176 valence electrons. The Hall–Kier alpha value is -4.45. The van der Waals surface area contributed by atoms with Crippen LogP contribution >= 0.6 is 0 Å². The van der Waals surface area contributed by atoms with E-state index in [1.165, 1.54) is 7.11 Å². The van der Waals surface area contributed by atoms with E-state index >= 15 is 0 Å². The van der Waals surface area contributed by atoms with Gasteiger partial charge in [-0.15, -0.1) is 0 Å². The third kappa shape index (κ3) is 4.51. The lowest BCUT2D eigenvalue weighted by Gasteiger charge is -2.17. The van der Waals surface area contributed by atoms with Gasteiger partial charge in [0.15, 0.2) is 11.5 Å². The van der Waals surface area contributed by atoms with Gasteiger partial charge >= 0.3 is 5.63 Å². The molecule has 0 fully saturated rings. The predicted octanol–water partition coefficient (Wildman–Crippen LogP) is 6.12. The fraction of sp³-hybridized carbons (Fsp3) is 0.138. The van der Waals surface area contributed by atoms with Crippen molar-refractivity contribution in [2.75, 3.05) is 14.2 Å². The molecule has 6 heteroatoms. The van der Waals surface area contributed by atoms with Gasteiger partial charge in [0.25, 0.3) is 0 Å². The zero-order chi connectivity index (χ0) is 24.2. The molecule has 0 bridgehead atoms. The lowest BCUT2D eigenvalue weighted by molar-refractivity contribution is 0.258. The molecule has 0 atom stereocenters. The molecule has 0 unspecified atom stereocenters. The molecule has 0 aliphatic heterocycles. The molecule has 5 rings (SSSR count). The smallest absolute Gasteiger partial charge is 0.347 e. The Morgan fingerprint density at radius 2 is 1.34 bits per heavy atom. The van der Waals surface area contributed by atoms with Crippen LogP contribution in [0.5, 0.6) is 23.0 Å². The van der Waals surface area contributed by atoms with E-state index in [1.54, 1.807) is 31.4 Å². The van der Waals surface area contributed by atoms with Crippen molar-refractivity contribution in [3.05, 3.63) is 106 Å².